The molecule has 0 saturated heterocycles. The van der Waals surface area contributed by atoms with Gasteiger partial charge in [-0.2, -0.15) is 0 Å². The second-order valence-electron chi connectivity index (χ2n) is 4.87. The Morgan fingerprint density at radius 3 is 2.47 bits per heavy atom. The molecule has 0 radical (unpaired) electrons. The SMILES string of the molecule is C#CCNCCCCCNC(=O)OC(C)(C)C. The summed E-state index contributed by atoms with van der Waals surface area (Å²) in [5, 5.41) is 5.85. The molecule has 0 aliphatic carbocycles. The molecule has 0 aliphatic heterocycles. The lowest BCUT2D eigenvalue weighted by atomic mass is 10.2. The number of amides is 1. The van der Waals surface area contributed by atoms with Gasteiger partial charge in [0, 0.05) is 6.54 Å². The van der Waals surface area contributed by atoms with Crippen LogP contribution in [0.15, 0.2) is 0 Å². The van der Waals surface area contributed by atoms with Crippen molar-refractivity contribution in [3.05, 3.63) is 0 Å². The fourth-order valence-electron chi connectivity index (χ4n) is 1.22. The highest BCUT2D eigenvalue weighted by atomic mass is 16.6. The van der Waals surface area contributed by atoms with Crippen LogP contribution in [-0.2, 0) is 4.74 Å². The molecule has 4 heteroatoms. The first-order chi connectivity index (χ1) is 7.95. The highest BCUT2D eigenvalue weighted by molar-refractivity contribution is 5.67. The molecule has 0 heterocycles. The monoisotopic (exact) mass is 240 g/mol. The number of rotatable bonds is 7. The van der Waals surface area contributed by atoms with Gasteiger partial charge in [-0.3, -0.25) is 0 Å². The second-order valence-corrected chi connectivity index (χ2v) is 4.87. The van der Waals surface area contributed by atoms with Crippen molar-refractivity contribution in [1.29, 1.82) is 0 Å². The van der Waals surface area contributed by atoms with E-state index in [1.165, 1.54) is 0 Å². The second kappa shape index (κ2) is 8.89. The highest BCUT2D eigenvalue weighted by Crippen LogP contribution is 2.06. The topological polar surface area (TPSA) is 50.4 Å². The standard InChI is InChI=1S/C13H24N2O2/c1-5-9-14-10-7-6-8-11-15-12(16)17-13(2,3)4/h1,14H,6-11H2,2-4H3,(H,15,16). The maximum Gasteiger partial charge on any atom is 0.407 e. The summed E-state index contributed by atoms with van der Waals surface area (Å²) in [6.07, 6.45) is 7.84. The Morgan fingerprint density at radius 1 is 1.24 bits per heavy atom. The number of hydrogen-bond donors (Lipinski definition) is 2. The molecule has 0 unspecified atom stereocenters. The van der Waals surface area contributed by atoms with Crippen LogP contribution < -0.4 is 10.6 Å². The van der Waals surface area contributed by atoms with E-state index >= 15 is 0 Å². The van der Waals surface area contributed by atoms with E-state index in [0.29, 0.717) is 13.1 Å². The van der Waals surface area contributed by atoms with Crippen molar-refractivity contribution < 1.29 is 9.53 Å². The number of hydrogen-bond acceptors (Lipinski definition) is 3. The van der Waals surface area contributed by atoms with E-state index < -0.39 is 5.60 Å². The third kappa shape index (κ3) is 12.7. The van der Waals surface area contributed by atoms with E-state index in [1.807, 2.05) is 20.8 Å². The van der Waals surface area contributed by atoms with Gasteiger partial charge in [0.1, 0.15) is 5.60 Å². The van der Waals surface area contributed by atoms with E-state index in [9.17, 15) is 4.79 Å². The fourth-order valence-corrected chi connectivity index (χ4v) is 1.22. The number of terminal acetylenes is 1. The average molecular weight is 240 g/mol. The van der Waals surface area contributed by atoms with Crippen molar-refractivity contribution in [3.8, 4) is 12.3 Å². The van der Waals surface area contributed by atoms with Crippen LogP contribution in [0.4, 0.5) is 4.79 Å². The van der Waals surface area contributed by atoms with Gasteiger partial charge in [-0.1, -0.05) is 12.3 Å². The normalized spacial score (nSPS) is 10.7. The molecule has 0 bridgehead atoms. The number of ether oxygens (including phenoxy) is 1. The summed E-state index contributed by atoms with van der Waals surface area (Å²) in [5.74, 6) is 2.52. The van der Waals surface area contributed by atoms with Gasteiger partial charge >= 0.3 is 6.09 Å². The predicted molar refractivity (Wildman–Crippen MR) is 69.8 cm³/mol. The van der Waals surface area contributed by atoms with Crippen LogP contribution in [-0.4, -0.2) is 31.3 Å². The molecule has 0 atom stereocenters. The lowest BCUT2D eigenvalue weighted by molar-refractivity contribution is 0.0527. The molecule has 0 rings (SSSR count). The molecule has 0 fully saturated rings. The molecule has 0 aromatic carbocycles. The maximum absolute atomic E-state index is 11.3. The zero-order valence-corrected chi connectivity index (χ0v) is 11.1. The quantitative estimate of drug-likeness (QED) is 0.528. The van der Waals surface area contributed by atoms with E-state index in [-0.39, 0.29) is 6.09 Å². The molecule has 0 spiro atoms. The summed E-state index contributed by atoms with van der Waals surface area (Å²) in [6.45, 7) is 7.76. The molecule has 1 amide bonds. The summed E-state index contributed by atoms with van der Waals surface area (Å²) < 4.78 is 5.11. The summed E-state index contributed by atoms with van der Waals surface area (Å²) in [6, 6.07) is 0. The van der Waals surface area contributed by atoms with Crippen LogP contribution in [0.1, 0.15) is 40.0 Å². The first-order valence-corrected chi connectivity index (χ1v) is 6.07. The summed E-state index contributed by atoms with van der Waals surface area (Å²) in [7, 11) is 0. The Kier molecular flexibility index (Phi) is 8.25. The van der Waals surface area contributed by atoms with Gasteiger partial charge in [-0.05, 0) is 40.2 Å². The number of carbonyl (C=O) groups is 1. The van der Waals surface area contributed by atoms with Crippen LogP contribution in [0, 0.1) is 12.3 Å². The average Bonchev–Trinajstić information content (AvgIpc) is 2.19. The minimum Gasteiger partial charge on any atom is -0.444 e. The minimum absolute atomic E-state index is 0.344. The molecule has 2 N–H and O–H groups in total. The summed E-state index contributed by atoms with van der Waals surface area (Å²) in [4.78, 5) is 11.3. The molecule has 0 aromatic heterocycles. The van der Waals surface area contributed by atoms with E-state index in [2.05, 4.69) is 16.6 Å². The molecular formula is C13H24N2O2. The lowest BCUT2D eigenvalue weighted by Crippen LogP contribution is -2.33. The van der Waals surface area contributed by atoms with Crippen LogP contribution in [0.25, 0.3) is 0 Å². The Bertz CT molecular complexity index is 251. The largest absolute Gasteiger partial charge is 0.444 e. The molecule has 98 valence electrons. The van der Waals surface area contributed by atoms with Crippen molar-refractivity contribution in [2.75, 3.05) is 19.6 Å². The van der Waals surface area contributed by atoms with Crippen LogP contribution in [0.5, 0.6) is 0 Å². The first kappa shape index (κ1) is 15.8. The van der Waals surface area contributed by atoms with Crippen molar-refractivity contribution in [1.82, 2.24) is 10.6 Å². The number of nitrogens with one attached hydrogen (secondary N) is 2. The minimum atomic E-state index is -0.427. The molecular weight excluding hydrogens is 216 g/mol. The maximum atomic E-state index is 11.3. The number of alkyl carbamates (subject to hydrolysis) is 1. The zero-order valence-electron chi connectivity index (χ0n) is 11.1. The van der Waals surface area contributed by atoms with Gasteiger partial charge in [0.15, 0.2) is 0 Å². The first-order valence-electron chi connectivity index (χ1n) is 6.07. The summed E-state index contributed by atoms with van der Waals surface area (Å²) in [5.41, 5.74) is -0.427. The van der Waals surface area contributed by atoms with Crippen LogP contribution in [0.2, 0.25) is 0 Å². The van der Waals surface area contributed by atoms with Crippen LogP contribution >= 0.6 is 0 Å². The molecule has 0 saturated carbocycles. The van der Waals surface area contributed by atoms with Gasteiger partial charge in [-0.15, -0.1) is 6.42 Å². The van der Waals surface area contributed by atoms with Crippen LogP contribution in [0.3, 0.4) is 0 Å². The van der Waals surface area contributed by atoms with Crippen molar-refractivity contribution in [3.63, 3.8) is 0 Å². The van der Waals surface area contributed by atoms with Gasteiger partial charge in [0.25, 0.3) is 0 Å². The Hall–Kier alpha value is -1.21. The highest BCUT2D eigenvalue weighted by Gasteiger charge is 2.15. The zero-order chi connectivity index (χ0) is 13.1. The smallest absolute Gasteiger partial charge is 0.407 e. The molecule has 17 heavy (non-hydrogen) atoms. The van der Waals surface area contributed by atoms with Crippen molar-refractivity contribution in [2.45, 2.75) is 45.6 Å². The third-order valence-electron chi connectivity index (χ3n) is 1.93. The van der Waals surface area contributed by atoms with E-state index in [0.717, 1.165) is 25.8 Å². The Morgan fingerprint density at radius 2 is 1.88 bits per heavy atom. The summed E-state index contributed by atoms with van der Waals surface area (Å²) >= 11 is 0. The number of unbranched alkanes of at least 4 members (excludes halogenated alkanes) is 2. The molecule has 4 nitrogen and oxygen atoms in total. The Balaban J connectivity index is 3.29. The number of carbonyl (C=O) groups excluding carboxylic acids is 1. The van der Waals surface area contributed by atoms with Gasteiger partial charge in [0.05, 0.1) is 6.54 Å². The van der Waals surface area contributed by atoms with Crippen molar-refractivity contribution >= 4 is 6.09 Å². The van der Waals surface area contributed by atoms with Gasteiger partial charge in [0.2, 0.25) is 0 Å². The van der Waals surface area contributed by atoms with Gasteiger partial charge < -0.3 is 15.4 Å². The Labute approximate surface area is 104 Å². The predicted octanol–water partition coefficient (Wildman–Crippen LogP) is 1.90. The van der Waals surface area contributed by atoms with E-state index in [4.69, 9.17) is 11.2 Å². The van der Waals surface area contributed by atoms with E-state index in [1.54, 1.807) is 0 Å². The van der Waals surface area contributed by atoms with Crippen molar-refractivity contribution in [2.24, 2.45) is 0 Å². The third-order valence-corrected chi connectivity index (χ3v) is 1.93. The molecule has 0 aromatic rings. The fraction of sp³-hybridized carbons (Fsp3) is 0.769. The lowest BCUT2D eigenvalue weighted by Gasteiger charge is -2.19. The molecule has 0 aliphatic rings. The van der Waals surface area contributed by atoms with Gasteiger partial charge in [-0.25, -0.2) is 4.79 Å².